The van der Waals surface area contributed by atoms with Gasteiger partial charge in [-0.05, 0) is 23.8 Å². The summed E-state index contributed by atoms with van der Waals surface area (Å²) >= 11 is 0. The van der Waals surface area contributed by atoms with Gasteiger partial charge in [0, 0.05) is 6.08 Å². The van der Waals surface area contributed by atoms with Crippen molar-refractivity contribution in [2.45, 2.75) is 4.90 Å². The molecule has 4 nitrogen and oxygen atoms in total. The van der Waals surface area contributed by atoms with E-state index < -0.39 is 10.0 Å². The third kappa shape index (κ3) is 2.69. The predicted molar refractivity (Wildman–Crippen MR) is 52.5 cm³/mol. The van der Waals surface area contributed by atoms with Gasteiger partial charge in [0.25, 0.3) is 0 Å². The number of sulfonamides is 1. The zero-order chi connectivity index (χ0) is 10.6. The van der Waals surface area contributed by atoms with Crippen molar-refractivity contribution in [2.75, 3.05) is 0 Å². The standard InChI is InChI=1S/C9H8N2O2S/c10-7-1-2-8-3-5-9(6-4-8)14(11,12)13/h1-6H,(H2,11,12,13)/b2-1+. The van der Waals surface area contributed by atoms with E-state index in [1.165, 1.54) is 18.2 Å². The minimum atomic E-state index is -3.63. The SMILES string of the molecule is N#C/C=C/c1ccc(S(N)(=O)=O)cc1. The van der Waals surface area contributed by atoms with E-state index in [9.17, 15) is 8.42 Å². The van der Waals surface area contributed by atoms with Gasteiger partial charge in [-0.15, -0.1) is 0 Å². The minimum absolute atomic E-state index is 0.0617. The zero-order valence-electron chi connectivity index (χ0n) is 7.21. The van der Waals surface area contributed by atoms with Gasteiger partial charge in [0.15, 0.2) is 0 Å². The summed E-state index contributed by atoms with van der Waals surface area (Å²) in [6, 6.07) is 7.78. The van der Waals surface area contributed by atoms with Crippen molar-refractivity contribution < 1.29 is 8.42 Å². The maximum atomic E-state index is 10.9. The highest BCUT2D eigenvalue weighted by atomic mass is 32.2. The van der Waals surface area contributed by atoms with Crippen molar-refractivity contribution in [2.24, 2.45) is 5.14 Å². The van der Waals surface area contributed by atoms with Crippen molar-refractivity contribution in [3.63, 3.8) is 0 Å². The lowest BCUT2D eigenvalue weighted by Gasteiger charge is -1.97. The zero-order valence-corrected chi connectivity index (χ0v) is 8.03. The summed E-state index contributed by atoms with van der Waals surface area (Å²) in [6.45, 7) is 0. The molecule has 1 aromatic rings. The highest BCUT2D eigenvalue weighted by molar-refractivity contribution is 7.89. The molecule has 5 heteroatoms. The van der Waals surface area contributed by atoms with Crippen LogP contribution in [-0.2, 0) is 10.0 Å². The van der Waals surface area contributed by atoms with Crippen LogP contribution in [0.5, 0.6) is 0 Å². The third-order valence-electron chi connectivity index (χ3n) is 1.56. The van der Waals surface area contributed by atoms with E-state index in [2.05, 4.69) is 0 Å². The average molecular weight is 208 g/mol. The van der Waals surface area contributed by atoms with Gasteiger partial charge in [0.2, 0.25) is 10.0 Å². The van der Waals surface area contributed by atoms with Crippen molar-refractivity contribution >= 4 is 16.1 Å². The predicted octanol–water partition coefficient (Wildman–Crippen LogP) is 0.871. The highest BCUT2D eigenvalue weighted by Gasteiger charge is 2.05. The fourth-order valence-electron chi connectivity index (χ4n) is 0.902. The first-order valence-electron chi connectivity index (χ1n) is 3.73. The summed E-state index contributed by atoms with van der Waals surface area (Å²) in [5, 5.41) is 13.2. The van der Waals surface area contributed by atoms with Crippen LogP contribution in [0.3, 0.4) is 0 Å². The topological polar surface area (TPSA) is 83.9 Å². The summed E-state index contributed by atoms with van der Waals surface area (Å²) in [5.74, 6) is 0. The fourth-order valence-corrected chi connectivity index (χ4v) is 1.42. The lowest BCUT2D eigenvalue weighted by Crippen LogP contribution is -2.11. The highest BCUT2D eigenvalue weighted by Crippen LogP contribution is 2.09. The number of hydrogen-bond acceptors (Lipinski definition) is 3. The second-order valence-corrected chi connectivity index (χ2v) is 4.14. The smallest absolute Gasteiger partial charge is 0.225 e. The summed E-state index contributed by atoms with van der Waals surface area (Å²) in [7, 11) is -3.63. The molecule has 0 atom stereocenters. The van der Waals surface area contributed by atoms with Crippen LogP contribution in [0.25, 0.3) is 6.08 Å². The van der Waals surface area contributed by atoms with Crippen molar-refractivity contribution in [1.29, 1.82) is 5.26 Å². The molecule has 1 aromatic carbocycles. The Morgan fingerprint density at radius 3 is 2.29 bits per heavy atom. The van der Waals surface area contributed by atoms with Gasteiger partial charge in [-0.3, -0.25) is 0 Å². The molecule has 0 aromatic heterocycles. The Kier molecular flexibility index (Phi) is 3.02. The van der Waals surface area contributed by atoms with Gasteiger partial charge in [-0.2, -0.15) is 5.26 Å². The van der Waals surface area contributed by atoms with Crippen LogP contribution >= 0.6 is 0 Å². The molecule has 0 saturated heterocycles. The van der Waals surface area contributed by atoms with Crippen LogP contribution in [0.15, 0.2) is 35.2 Å². The average Bonchev–Trinajstić information content (AvgIpc) is 2.14. The van der Waals surface area contributed by atoms with Crippen LogP contribution in [0.4, 0.5) is 0 Å². The third-order valence-corrected chi connectivity index (χ3v) is 2.49. The van der Waals surface area contributed by atoms with Gasteiger partial charge in [0.1, 0.15) is 0 Å². The van der Waals surface area contributed by atoms with Crippen LogP contribution in [0.1, 0.15) is 5.56 Å². The molecule has 0 aliphatic carbocycles. The van der Waals surface area contributed by atoms with Gasteiger partial charge in [-0.25, -0.2) is 13.6 Å². The Morgan fingerprint density at radius 1 is 1.29 bits per heavy atom. The molecule has 0 bridgehead atoms. The number of allylic oxidation sites excluding steroid dienone is 1. The van der Waals surface area contributed by atoms with Crippen LogP contribution in [0.2, 0.25) is 0 Å². The van der Waals surface area contributed by atoms with E-state index in [0.717, 1.165) is 5.56 Å². The molecule has 2 N–H and O–H groups in total. The normalized spacial score (nSPS) is 11.4. The van der Waals surface area contributed by atoms with E-state index in [4.69, 9.17) is 10.4 Å². The molecule has 14 heavy (non-hydrogen) atoms. The van der Waals surface area contributed by atoms with E-state index >= 15 is 0 Å². The second-order valence-electron chi connectivity index (χ2n) is 2.58. The van der Waals surface area contributed by atoms with Gasteiger partial charge < -0.3 is 0 Å². The maximum absolute atomic E-state index is 10.9. The first kappa shape index (κ1) is 10.4. The molecular weight excluding hydrogens is 200 g/mol. The maximum Gasteiger partial charge on any atom is 0.238 e. The van der Waals surface area contributed by atoms with E-state index in [-0.39, 0.29) is 4.90 Å². The molecule has 0 aliphatic rings. The molecule has 0 amide bonds. The number of nitriles is 1. The van der Waals surface area contributed by atoms with Crippen LogP contribution in [-0.4, -0.2) is 8.42 Å². The lowest BCUT2D eigenvalue weighted by molar-refractivity contribution is 0.598. The largest absolute Gasteiger partial charge is 0.238 e. The quantitative estimate of drug-likeness (QED) is 0.732. The monoisotopic (exact) mass is 208 g/mol. The Balaban J connectivity index is 3.03. The van der Waals surface area contributed by atoms with Crippen molar-refractivity contribution in [1.82, 2.24) is 0 Å². The lowest BCUT2D eigenvalue weighted by atomic mass is 10.2. The van der Waals surface area contributed by atoms with Gasteiger partial charge in [0.05, 0.1) is 11.0 Å². The Hall–Kier alpha value is -1.64. The van der Waals surface area contributed by atoms with E-state index in [1.807, 2.05) is 6.07 Å². The van der Waals surface area contributed by atoms with E-state index in [0.29, 0.717) is 0 Å². The molecule has 0 spiro atoms. The van der Waals surface area contributed by atoms with E-state index in [1.54, 1.807) is 18.2 Å². The Bertz CT molecular complexity index is 481. The summed E-state index contributed by atoms with van der Waals surface area (Å²) in [6.07, 6.45) is 2.89. The molecular formula is C9H8N2O2S. The minimum Gasteiger partial charge on any atom is -0.225 e. The van der Waals surface area contributed by atoms with Crippen molar-refractivity contribution in [3.05, 3.63) is 35.9 Å². The van der Waals surface area contributed by atoms with Gasteiger partial charge >= 0.3 is 0 Å². The van der Waals surface area contributed by atoms with Crippen LogP contribution < -0.4 is 5.14 Å². The molecule has 72 valence electrons. The Labute approximate surface area is 82.3 Å². The molecule has 0 aliphatic heterocycles. The summed E-state index contributed by atoms with van der Waals surface area (Å²) in [5.41, 5.74) is 0.749. The number of rotatable bonds is 2. The first-order valence-corrected chi connectivity index (χ1v) is 5.28. The van der Waals surface area contributed by atoms with Crippen LogP contribution in [0, 0.1) is 11.3 Å². The molecule has 0 heterocycles. The first-order chi connectivity index (χ1) is 6.54. The second kappa shape index (κ2) is 4.05. The number of benzene rings is 1. The summed E-state index contributed by atoms with van der Waals surface area (Å²) in [4.78, 5) is 0.0617. The molecule has 0 saturated carbocycles. The van der Waals surface area contributed by atoms with Gasteiger partial charge in [-0.1, -0.05) is 12.1 Å². The molecule has 0 unspecified atom stereocenters. The summed E-state index contributed by atoms with van der Waals surface area (Å²) < 4.78 is 21.7. The molecule has 0 radical (unpaired) electrons. The number of nitrogens with two attached hydrogens (primary N) is 1. The number of hydrogen-bond donors (Lipinski definition) is 1. The molecule has 0 fully saturated rings. The number of nitrogens with zero attached hydrogens (tertiary/aromatic N) is 1. The Morgan fingerprint density at radius 2 is 1.86 bits per heavy atom. The molecule has 1 rings (SSSR count). The number of primary sulfonamides is 1. The fraction of sp³-hybridized carbons (Fsp3) is 0. The van der Waals surface area contributed by atoms with Crippen molar-refractivity contribution in [3.8, 4) is 6.07 Å².